The third kappa shape index (κ3) is 5.24. The Morgan fingerprint density at radius 2 is 2.00 bits per heavy atom. The summed E-state index contributed by atoms with van der Waals surface area (Å²) in [5, 5.41) is 13.6. The van der Waals surface area contributed by atoms with Gasteiger partial charge in [-0.2, -0.15) is 0 Å². The Bertz CT molecular complexity index is 596. The van der Waals surface area contributed by atoms with Crippen LogP contribution in [-0.2, 0) is 24.2 Å². The van der Waals surface area contributed by atoms with E-state index in [0.29, 0.717) is 18.9 Å². The third-order valence-corrected chi connectivity index (χ3v) is 4.31. The first-order valence-electron chi connectivity index (χ1n) is 7.48. The third-order valence-electron chi connectivity index (χ3n) is 3.29. The summed E-state index contributed by atoms with van der Waals surface area (Å²) < 4.78 is 0. The first-order chi connectivity index (χ1) is 10.5. The van der Waals surface area contributed by atoms with Gasteiger partial charge in [-0.15, -0.1) is 11.3 Å². The Morgan fingerprint density at radius 1 is 1.27 bits per heavy atom. The predicted octanol–water partition coefficient (Wildman–Crippen LogP) is 3.13. The number of aliphatic carboxylic acids is 1. The first kappa shape index (κ1) is 16.6. The second kappa shape index (κ2) is 8.06. The zero-order valence-corrected chi connectivity index (χ0v) is 13.8. The summed E-state index contributed by atoms with van der Waals surface area (Å²) in [6.45, 7) is 4.87. The van der Waals surface area contributed by atoms with E-state index >= 15 is 0 Å². The lowest BCUT2D eigenvalue weighted by molar-refractivity contribution is -0.139. The molecule has 0 radical (unpaired) electrons. The van der Waals surface area contributed by atoms with E-state index in [2.05, 4.69) is 24.1 Å². The van der Waals surface area contributed by atoms with Crippen molar-refractivity contribution in [2.75, 3.05) is 0 Å². The molecule has 1 atom stereocenters. The average molecular weight is 318 g/mol. The topological polar surface area (TPSA) is 62.2 Å². The van der Waals surface area contributed by atoms with Crippen LogP contribution >= 0.6 is 11.3 Å². The number of nitrogens with zero attached hydrogens (tertiary/aromatic N) is 1. The second-order valence-electron chi connectivity index (χ2n) is 5.78. The number of carboxylic acid groups (broad SMARTS) is 1. The summed E-state index contributed by atoms with van der Waals surface area (Å²) in [5.41, 5.74) is 1.02. The molecule has 4 nitrogen and oxygen atoms in total. The molecular weight excluding hydrogens is 296 g/mol. The van der Waals surface area contributed by atoms with Crippen molar-refractivity contribution in [2.24, 2.45) is 5.92 Å². The highest BCUT2D eigenvalue weighted by Crippen LogP contribution is 2.16. The smallest absolute Gasteiger partial charge is 0.321 e. The number of carbonyl (C=O) groups is 1. The van der Waals surface area contributed by atoms with Crippen molar-refractivity contribution in [1.82, 2.24) is 10.3 Å². The van der Waals surface area contributed by atoms with E-state index in [9.17, 15) is 9.90 Å². The van der Waals surface area contributed by atoms with Crippen LogP contribution in [0.25, 0.3) is 0 Å². The van der Waals surface area contributed by atoms with Crippen molar-refractivity contribution in [3.8, 4) is 0 Å². The molecule has 2 N–H and O–H groups in total. The van der Waals surface area contributed by atoms with Crippen LogP contribution in [0.4, 0.5) is 0 Å². The highest BCUT2D eigenvalue weighted by Gasteiger charge is 2.17. The van der Waals surface area contributed by atoms with Crippen molar-refractivity contribution in [3.05, 3.63) is 52.0 Å². The van der Waals surface area contributed by atoms with Crippen LogP contribution in [0.2, 0.25) is 0 Å². The molecule has 0 saturated carbocycles. The van der Waals surface area contributed by atoms with Crippen LogP contribution < -0.4 is 5.32 Å². The SMILES string of the molecule is CC(C)Cc1ncc(CN[C@H](Cc2ccccc2)C(=O)O)s1. The Hall–Kier alpha value is -1.72. The quantitative estimate of drug-likeness (QED) is 0.785. The second-order valence-corrected chi connectivity index (χ2v) is 6.98. The molecule has 0 bridgehead atoms. The molecule has 0 spiro atoms. The number of thiazole rings is 1. The van der Waals surface area contributed by atoms with Gasteiger partial charge in [-0.3, -0.25) is 10.1 Å². The van der Waals surface area contributed by atoms with Crippen LogP contribution in [0.3, 0.4) is 0 Å². The lowest BCUT2D eigenvalue weighted by Crippen LogP contribution is -2.37. The summed E-state index contributed by atoms with van der Waals surface area (Å²) in [4.78, 5) is 16.9. The van der Waals surface area contributed by atoms with Crippen LogP contribution in [0.5, 0.6) is 0 Å². The number of nitrogens with one attached hydrogen (secondary N) is 1. The van der Waals surface area contributed by atoms with Crippen LogP contribution in [0, 0.1) is 5.92 Å². The van der Waals surface area contributed by atoms with Gasteiger partial charge in [0, 0.05) is 24.0 Å². The van der Waals surface area contributed by atoms with E-state index in [0.717, 1.165) is 21.9 Å². The molecule has 2 aromatic rings. The molecular formula is C17H22N2O2S. The van der Waals surface area contributed by atoms with E-state index in [1.807, 2.05) is 36.5 Å². The molecule has 22 heavy (non-hydrogen) atoms. The van der Waals surface area contributed by atoms with E-state index in [1.165, 1.54) is 0 Å². The van der Waals surface area contributed by atoms with E-state index in [1.54, 1.807) is 11.3 Å². The zero-order valence-electron chi connectivity index (χ0n) is 13.0. The normalized spacial score (nSPS) is 12.5. The number of carboxylic acids is 1. The highest BCUT2D eigenvalue weighted by molar-refractivity contribution is 7.11. The lowest BCUT2D eigenvalue weighted by Gasteiger charge is -2.13. The summed E-state index contributed by atoms with van der Waals surface area (Å²) in [7, 11) is 0. The van der Waals surface area contributed by atoms with Gasteiger partial charge < -0.3 is 5.11 Å². The van der Waals surface area contributed by atoms with Crippen LogP contribution in [-0.4, -0.2) is 22.1 Å². The fraction of sp³-hybridized carbons (Fsp3) is 0.412. The molecule has 0 aliphatic carbocycles. The van der Waals surface area contributed by atoms with Gasteiger partial charge in [-0.25, -0.2) is 4.98 Å². The minimum atomic E-state index is -0.823. The molecule has 0 unspecified atom stereocenters. The van der Waals surface area contributed by atoms with Gasteiger partial charge in [0.25, 0.3) is 0 Å². The number of benzene rings is 1. The van der Waals surface area contributed by atoms with Crippen molar-refractivity contribution in [3.63, 3.8) is 0 Å². The Balaban J connectivity index is 1.91. The van der Waals surface area contributed by atoms with Gasteiger partial charge >= 0.3 is 5.97 Å². The molecule has 118 valence electrons. The molecule has 0 aliphatic rings. The van der Waals surface area contributed by atoms with E-state index in [4.69, 9.17) is 0 Å². The molecule has 1 aromatic carbocycles. The Labute approximate surface area is 135 Å². The monoisotopic (exact) mass is 318 g/mol. The van der Waals surface area contributed by atoms with Gasteiger partial charge in [-0.05, 0) is 17.9 Å². The zero-order chi connectivity index (χ0) is 15.9. The standard InChI is InChI=1S/C17H22N2O2S/c1-12(2)8-16-19-11-14(22-16)10-18-15(17(20)21)9-13-6-4-3-5-7-13/h3-7,11-12,15,18H,8-10H2,1-2H3,(H,20,21)/t15-/m1/s1. The molecule has 1 aromatic heterocycles. The number of rotatable bonds is 8. The van der Waals surface area contributed by atoms with Crippen LogP contribution in [0.15, 0.2) is 36.5 Å². The van der Waals surface area contributed by atoms with E-state index in [-0.39, 0.29) is 0 Å². The predicted molar refractivity (Wildman–Crippen MR) is 89.1 cm³/mol. The summed E-state index contributed by atoms with van der Waals surface area (Å²) >= 11 is 1.65. The molecule has 2 rings (SSSR count). The molecule has 0 saturated heterocycles. The van der Waals surface area contributed by atoms with Crippen molar-refractivity contribution in [1.29, 1.82) is 0 Å². The number of hydrogen-bond acceptors (Lipinski definition) is 4. The molecule has 1 heterocycles. The Morgan fingerprint density at radius 3 is 2.64 bits per heavy atom. The fourth-order valence-electron chi connectivity index (χ4n) is 2.19. The Kier molecular flexibility index (Phi) is 6.10. The minimum absolute atomic E-state index is 0.480. The largest absolute Gasteiger partial charge is 0.480 e. The number of aromatic nitrogens is 1. The maximum absolute atomic E-state index is 11.4. The van der Waals surface area contributed by atoms with Gasteiger partial charge in [0.1, 0.15) is 6.04 Å². The van der Waals surface area contributed by atoms with Crippen molar-refractivity contribution >= 4 is 17.3 Å². The summed E-state index contributed by atoms with van der Waals surface area (Å²) in [6.07, 6.45) is 3.29. The average Bonchev–Trinajstić information content (AvgIpc) is 2.91. The molecule has 0 amide bonds. The van der Waals surface area contributed by atoms with Crippen molar-refractivity contribution < 1.29 is 9.90 Å². The lowest BCUT2D eigenvalue weighted by atomic mass is 10.1. The minimum Gasteiger partial charge on any atom is -0.480 e. The van der Waals surface area contributed by atoms with Crippen LogP contribution in [0.1, 0.15) is 29.3 Å². The van der Waals surface area contributed by atoms with E-state index < -0.39 is 12.0 Å². The van der Waals surface area contributed by atoms with Gasteiger partial charge in [0.05, 0.1) is 5.01 Å². The first-order valence-corrected chi connectivity index (χ1v) is 8.30. The molecule has 0 aliphatic heterocycles. The summed E-state index contributed by atoms with van der Waals surface area (Å²) in [5.74, 6) is -0.243. The van der Waals surface area contributed by atoms with Gasteiger partial charge in [0.15, 0.2) is 0 Å². The fourth-order valence-corrected chi connectivity index (χ4v) is 3.28. The van der Waals surface area contributed by atoms with Gasteiger partial charge in [-0.1, -0.05) is 44.2 Å². The highest BCUT2D eigenvalue weighted by atomic mass is 32.1. The maximum atomic E-state index is 11.4. The molecule has 0 fully saturated rings. The number of hydrogen-bond donors (Lipinski definition) is 2. The van der Waals surface area contributed by atoms with Gasteiger partial charge in [0.2, 0.25) is 0 Å². The molecule has 5 heteroatoms. The summed E-state index contributed by atoms with van der Waals surface area (Å²) in [6, 6.07) is 9.10. The van der Waals surface area contributed by atoms with Crippen molar-refractivity contribution in [2.45, 2.75) is 39.3 Å². The maximum Gasteiger partial charge on any atom is 0.321 e.